The standard InChI is InChI=1S/C12H14BrN3O/c1-2-7-14-12-15-10(11(17)16-12)8-3-5-9(13)6-4-8/h3-6,10H,2,7H2,1H3,(H2,14,15,16,17). The SMILES string of the molecule is CCCN=C1NC(=O)C(c2ccc(Br)cc2)N1. The number of nitrogens with one attached hydrogen (secondary N) is 2. The largest absolute Gasteiger partial charge is 0.340 e. The number of hydrogen-bond donors (Lipinski definition) is 2. The number of halogens is 1. The van der Waals surface area contributed by atoms with Gasteiger partial charge in [0.25, 0.3) is 5.91 Å². The molecule has 0 aliphatic carbocycles. The Morgan fingerprint density at radius 3 is 2.71 bits per heavy atom. The van der Waals surface area contributed by atoms with Gasteiger partial charge in [0.15, 0.2) is 5.96 Å². The molecule has 1 fully saturated rings. The molecule has 0 bridgehead atoms. The van der Waals surface area contributed by atoms with Gasteiger partial charge in [-0.15, -0.1) is 0 Å². The average Bonchev–Trinajstić information content (AvgIpc) is 2.69. The summed E-state index contributed by atoms with van der Waals surface area (Å²) in [6.07, 6.45) is 0.962. The number of nitrogens with zero attached hydrogens (tertiary/aromatic N) is 1. The fourth-order valence-corrected chi connectivity index (χ4v) is 1.89. The smallest absolute Gasteiger partial charge is 0.253 e. The van der Waals surface area contributed by atoms with E-state index in [0.29, 0.717) is 5.96 Å². The first-order valence-corrected chi connectivity index (χ1v) is 6.37. The highest BCUT2D eigenvalue weighted by molar-refractivity contribution is 9.10. The number of benzene rings is 1. The first kappa shape index (κ1) is 12.1. The Kier molecular flexibility index (Phi) is 3.78. The van der Waals surface area contributed by atoms with Gasteiger partial charge < -0.3 is 5.32 Å². The maximum absolute atomic E-state index is 11.8. The molecule has 5 heteroatoms. The topological polar surface area (TPSA) is 53.5 Å². The average molecular weight is 296 g/mol. The fourth-order valence-electron chi connectivity index (χ4n) is 1.63. The van der Waals surface area contributed by atoms with Gasteiger partial charge in [-0.25, -0.2) is 0 Å². The molecular formula is C12H14BrN3O. The molecule has 1 aromatic rings. The van der Waals surface area contributed by atoms with Crippen molar-refractivity contribution in [3.05, 3.63) is 34.3 Å². The third kappa shape index (κ3) is 2.85. The fraction of sp³-hybridized carbons (Fsp3) is 0.333. The number of carbonyl (C=O) groups excluding carboxylic acids is 1. The van der Waals surface area contributed by atoms with Crippen molar-refractivity contribution >= 4 is 27.8 Å². The summed E-state index contributed by atoms with van der Waals surface area (Å²) in [5, 5.41) is 5.83. The lowest BCUT2D eigenvalue weighted by Gasteiger charge is -2.07. The Morgan fingerprint density at radius 1 is 1.35 bits per heavy atom. The molecule has 4 nitrogen and oxygen atoms in total. The van der Waals surface area contributed by atoms with Crippen LogP contribution in [0, 0.1) is 0 Å². The highest BCUT2D eigenvalue weighted by Gasteiger charge is 2.29. The lowest BCUT2D eigenvalue weighted by atomic mass is 10.1. The minimum atomic E-state index is -0.335. The van der Waals surface area contributed by atoms with Gasteiger partial charge in [0.05, 0.1) is 0 Å². The molecular weight excluding hydrogens is 282 g/mol. The molecule has 0 saturated carbocycles. The van der Waals surface area contributed by atoms with E-state index < -0.39 is 0 Å². The summed E-state index contributed by atoms with van der Waals surface area (Å²) >= 11 is 3.37. The lowest BCUT2D eigenvalue weighted by molar-refractivity contribution is -0.120. The van der Waals surface area contributed by atoms with E-state index in [2.05, 4.69) is 31.6 Å². The monoisotopic (exact) mass is 295 g/mol. The minimum Gasteiger partial charge on any atom is -0.340 e. The van der Waals surface area contributed by atoms with Gasteiger partial charge in [-0.1, -0.05) is 35.0 Å². The molecule has 1 atom stereocenters. The van der Waals surface area contributed by atoms with Gasteiger partial charge in [-0.2, -0.15) is 0 Å². The number of guanidine groups is 1. The van der Waals surface area contributed by atoms with Gasteiger partial charge in [0.1, 0.15) is 6.04 Å². The number of amides is 1. The predicted molar refractivity (Wildman–Crippen MR) is 70.8 cm³/mol. The molecule has 0 spiro atoms. The van der Waals surface area contributed by atoms with Crippen LogP contribution in [0.1, 0.15) is 24.9 Å². The normalized spacial score (nSPS) is 21.4. The molecule has 90 valence electrons. The highest BCUT2D eigenvalue weighted by atomic mass is 79.9. The maximum Gasteiger partial charge on any atom is 0.253 e. The third-order valence-corrected chi connectivity index (χ3v) is 3.01. The second-order valence-electron chi connectivity index (χ2n) is 3.85. The molecule has 17 heavy (non-hydrogen) atoms. The summed E-state index contributed by atoms with van der Waals surface area (Å²) in [7, 11) is 0. The molecule has 2 rings (SSSR count). The third-order valence-electron chi connectivity index (χ3n) is 2.48. The van der Waals surface area contributed by atoms with Crippen molar-refractivity contribution in [2.45, 2.75) is 19.4 Å². The van der Waals surface area contributed by atoms with Gasteiger partial charge >= 0.3 is 0 Å². The molecule has 1 aromatic carbocycles. The number of aliphatic imine (C=N–C) groups is 1. The van der Waals surface area contributed by atoms with Crippen LogP contribution in [-0.4, -0.2) is 18.4 Å². The van der Waals surface area contributed by atoms with Crippen molar-refractivity contribution < 1.29 is 4.79 Å². The second-order valence-corrected chi connectivity index (χ2v) is 4.76. The van der Waals surface area contributed by atoms with Crippen LogP contribution in [0.4, 0.5) is 0 Å². The van der Waals surface area contributed by atoms with Crippen molar-refractivity contribution in [1.82, 2.24) is 10.6 Å². The molecule has 1 aliphatic heterocycles. The van der Waals surface area contributed by atoms with Gasteiger partial charge in [-0.05, 0) is 24.1 Å². The van der Waals surface area contributed by atoms with Crippen molar-refractivity contribution in [2.24, 2.45) is 4.99 Å². The first-order valence-electron chi connectivity index (χ1n) is 5.58. The summed E-state index contributed by atoms with van der Waals surface area (Å²) in [6, 6.07) is 7.35. The molecule has 1 aliphatic rings. The van der Waals surface area contributed by atoms with Gasteiger partial charge in [-0.3, -0.25) is 15.1 Å². The van der Waals surface area contributed by atoms with Crippen LogP contribution in [-0.2, 0) is 4.79 Å². The Hall–Kier alpha value is -1.36. The molecule has 1 unspecified atom stereocenters. The van der Waals surface area contributed by atoms with Crippen LogP contribution >= 0.6 is 15.9 Å². The Bertz CT molecular complexity index is 442. The van der Waals surface area contributed by atoms with E-state index in [1.165, 1.54) is 0 Å². The number of hydrogen-bond acceptors (Lipinski definition) is 2. The molecule has 1 saturated heterocycles. The Balaban J connectivity index is 2.13. The van der Waals surface area contributed by atoms with E-state index in [-0.39, 0.29) is 11.9 Å². The van der Waals surface area contributed by atoms with E-state index in [1.807, 2.05) is 31.2 Å². The first-order chi connectivity index (χ1) is 8.20. The molecule has 0 radical (unpaired) electrons. The van der Waals surface area contributed by atoms with Gasteiger partial charge in [0, 0.05) is 11.0 Å². The Labute approximate surface area is 109 Å². The number of carbonyl (C=O) groups is 1. The predicted octanol–water partition coefficient (Wildman–Crippen LogP) is 1.98. The Morgan fingerprint density at radius 2 is 2.06 bits per heavy atom. The van der Waals surface area contributed by atoms with Crippen LogP contribution in [0.2, 0.25) is 0 Å². The molecule has 1 heterocycles. The van der Waals surface area contributed by atoms with E-state index in [1.54, 1.807) is 0 Å². The van der Waals surface area contributed by atoms with Crippen molar-refractivity contribution in [2.75, 3.05) is 6.54 Å². The zero-order valence-corrected chi connectivity index (χ0v) is 11.1. The number of rotatable bonds is 3. The molecule has 1 amide bonds. The summed E-state index contributed by atoms with van der Waals surface area (Å²) in [5.41, 5.74) is 0.937. The minimum absolute atomic E-state index is 0.0535. The van der Waals surface area contributed by atoms with Crippen LogP contribution in [0.15, 0.2) is 33.7 Å². The summed E-state index contributed by atoms with van der Waals surface area (Å²) in [4.78, 5) is 16.0. The van der Waals surface area contributed by atoms with Crippen molar-refractivity contribution in [3.8, 4) is 0 Å². The van der Waals surface area contributed by atoms with Crippen molar-refractivity contribution in [3.63, 3.8) is 0 Å². The highest BCUT2D eigenvalue weighted by Crippen LogP contribution is 2.19. The van der Waals surface area contributed by atoms with Crippen LogP contribution < -0.4 is 10.6 Å². The van der Waals surface area contributed by atoms with Crippen molar-refractivity contribution in [1.29, 1.82) is 0 Å². The zero-order valence-electron chi connectivity index (χ0n) is 9.53. The quantitative estimate of drug-likeness (QED) is 0.896. The summed E-state index contributed by atoms with van der Waals surface area (Å²) < 4.78 is 1.000. The van der Waals surface area contributed by atoms with E-state index in [4.69, 9.17) is 0 Å². The summed E-state index contributed by atoms with van der Waals surface area (Å²) in [6.45, 7) is 2.77. The maximum atomic E-state index is 11.8. The zero-order chi connectivity index (χ0) is 12.3. The molecule has 2 N–H and O–H groups in total. The lowest BCUT2D eigenvalue weighted by Crippen LogP contribution is -2.25. The van der Waals surface area contributed by atoms with Crippen LogP contribution in [0.3, 0.4) is 0 Å². The van der Waals surface area contributed by atoms with Crippen LogP contribution in [0.5, 0.6) is 0 Å². The van der Waals surface area contributed by atoms with E-state index in [0.717, 1.165) is 23.0 Å². The second kappa shape index (κ2) is 5.31. The molecule has 0 aromatic heterocycles. The van der Waals surface area contributed by atoms with Gasteiger partial charge in [0.2, 0.25) is 0 Å². The van der Waals surface area contributed by atoms with E-state index in [9.17, 15) is 4.79 Å². The van der Waals surface area contributed by atoms with E-state index >= 15 is 0 Å². The summed E-state index contributed by atoms with van der Waals surface area (Å²) in [5.74, 6) is 0.520. The van der Waals surface area contributed by atoms with Crippen LogP contribution in [0.25, 0.3) is 0 Å².